The molecule has 0 heterocycles. The standard InChI is InChI=1S/C22H25NO5/c1-15(23(3)21(25)18-7-5-17(14-24)6-8-18)13-16(2)28-22(26)19-9-11-20(27-4)12-10-19/h5-12,14-16H,13H2,1-4H3. The minimum absolute atomic E-state index is 0.142. The number of rotatable bonds is 8. The lowest BCUT2D eigenvalue weighted by Gasteiger charge is -2.27. The van der Waals surface area contributed by atoms with Crippen molar-refractivity contribution in [3.8, 4) is 5.75 Å². The van der Waals surface area contributed by atoms with Crippen LogP contribution in [0, 0.1) is 0 Å². The predicted octanol–water partition coefficient (Wildman–Crippen LogP) is 3.60. The Hall–Kier alpha value is -3.15. The quantitative estimate of drug-likeness (QED) is 0.514. The first-order valence-corrected chi connectivity index (χ1v) is 9.03. The van der Waals surface area contributed by atoms with Gasteiger partial charge in [-0.2, -0.15) is 0 Å². The van der Waals surface area contributed by atoms with Crippen LogP contribution in [0.15, 0.2) is 48.5 Å². The molecule has 0 spiro atoms. The molecule has 28 heavy (non-hydrogen) atoms. The molecule has 0 saturated carbocycles. The van der Waals surface area contributed by atoms with Gasteiger partial charge < -0.3 is 14.4 Å². The molecule has 0 fully saturated rings. The lowest BCUT2D eigenvalue weighted by molar-refractivity contribution is 0.0268. The van der Waals surface area contributed by atoms with Crippen LogP contribution in [0.5, 0.6) is 5.75 Å². The number of methoxy groups -OCH3 is 1. The smallest absolute Gasteiger partial charge is 0.338 e. The van der Waals surface area contributed by atoms with Crippen LogP contribution in [0.3, 0.4) is 0 Å². The average molecular weight is 383 g/mol. The van der Waals surface area contributed by atoms with Crippen molar-refractivity contribution in [3.63, 3.8) is 0 Å². The zero-order valence-corrected chi connectivity index (χ0v) is 16.5. The summed E-state index contributed by atoms with van der Waals surface area (Å²) in [5.41, 5.74) is 1.47. The highest BCUT2D eigenvalue weighted by atomic mass is 16.5. The van der Waals surface area contributed by atoms with Crippen LogP contribution in [0.4, 0.5) is 0 Å². The summed E-state index contributed by atoms with van der Waals surface area (Å²) in [6.45, 7) is 3.70. The molecule has 2 unspecified atom stereocenters. The van der Waals surface area contributed by atoms with Crippen LogP contribution in [0.25, 0.3) is 0 Å². The van der Waals surface area contributed by atoms with Crippen molar-refractivity contribution in [1.82, 2.24) is 4.90 Å². The Morgan fingerprint density at radius 3 is 2.11 bits per heavy atom. The van der Waals surface area contributed by atoms with E-state index in [0.29, 0.717) is 28.9 Å². The molecule has 0 bridgehead atoms. The van der Waals surface area contributed by atoms with Crippen molar-refractivity contribution in [2.75, 3.05) is 14.2 Å². The number of carbonyl (C=O) groups is 3. The number of hydrogen-bond donors (Lipinski definition) is 0. The van der Waals surface area contributed by atoms with Crippen LogP contribution in [0.2, 0.25) is 0 Å². The minimum atomic E-state index is -0.416. The number of ether oxygens (including phenoxy) is 2. The summed E-state index contributed by atoms with van der Waals surface area (Å²) in [7, 11) is 3.27. The lowest BCUT2D eigenvalue weighted by Crippen LogP contribution is -2.37. The van der Waals surface area contributed by atoms with E-state index in [1.54, 1.807) is 74.5 Å². The molecular formula is C22H25NO5. The van der Waals surface area contributed by atoms with Gasteiger partial charge in [-0.05, 0) is 50.2 Å². The van der Waals surface area contributed by atoms with E-state index in [0.717, 1.165) is 6.29 Å². The fraction of sp³-hybridized carbons (Fsp3) is 0.318. The highest BCUT2D eigenvalue weighted by Crippen LogP contribution is 2.16. The Bertz CT molecular complexity index is 814. The molecule has 0 aliphatic rings. The minimum Gasteiger partial charge on any atom is -0.497 e. The Morgan fingerprint density at radius 2 is 1.57 bits per heavy atom. The van der Waals surface area contributed by atoms with Crippen LogP contribution < -0.4 is 4.74 Å². The molecule has 0 radical (unpaired) electrons. The number of esters is 1. The first-order chi connectivity index (χ1) is 13.3. The Labute approximate surface area is 165 Å². The van der Waals surface area contributed by atoms with Gasteiger partial charge in [0.05, 0.1) is 12.7 Å². The van der Waals surface area contributed by atoms with Gasteiger partial charge in [-0.25, -0.2) is 4.79 Å². The largest absolute Gasteiger partial charge is 0.497 e. The van der Waals surface area contributed by atoms with Gasteiger partial charge in [0.25, 0.3) is 5.91 Å². The molecule has 1 amide bonds. The first-order valence-electron chi connectivity index (χ1n) is 9.03. The summed E-state index contributed by atoms with van der Waals surface area (Å²) in [4.78, 5) is 37.2. The SMILES string of the molecule is COc1ccc(C(=O)OC(C)CC(C)N(C)C(=O)c2ccc(C=O)cc2)cc1. The van der Waals surface area contributed by atoms with Gasteiger partial charge in [0.15, 0.2) is 0 Å². The first kappa shape index (κ1) is 21.2. The number of nitrogens with zero attached hydrogens (tertiary/aromatic N) is 1. The van der Waals surface area contributed by atoms with Crippen molar-refractivity contribution >= 4 is 18.2 Å². The second-order valence-electron chi connectivity index (χ2n) is 6.69. The Balaban J connectivity index is 1.92. The van der Waals surface area contributed by atoms with Gasteiger partial charge in [0, 0.05) is 30.6 Å². The fourth-order valence-corrected chi connectivity index (χ4v) is 2.77. The highest BCUT2D eigenvalue weighted by molar-refractivity contribution is 5.95. The van der Waals surface area contributed by atoms with Gasteiger partial charge in [0.1, 0.15) is 18.1 Å². The number of amides is 1. The Kier molecular flexibility index (Phi) is 7.32. The number of benzene rings is 2. The second-order valence-corrected chi connectivity index (χ2v) is 6.69. The van der Waals surface area contributed by atoms with E-state index in [9.17, 15) is 14.4 Å². The third kappa shape index (κ3) is 5.42. The normalized spacial score (nSPS) is 12.6. The van der Waals surface area contributed by atoms with Gasteiger partial charge in [0.2, 0.25) is 0 Å². The molecule has 148 valence electrons. The molecule has 2 aromatic carbocycles. The molecule has 0 saturated heterocycles. The summed E-state index contributed by atoms with van der Waals surface area (Å²) >= 11 is 0. The maximum atomic E-state index is 12.6. The predicted molar refractivity (Wildman–Crippen MR) is 106 cm³/mol. The van der Waals surface area contributed by atoms with E-state index >= 15 is 0 Å². The van der Waals surface area contributed by atoms with E-state index in [-0.39, 0.29) is 18.1 Å². The van der Waals surface area contributed by atoms with E-state index in [1.165, 1.54) is 0 Å². The molecule has 0 N–H and O–H groups in total. The lowest BCUT2D eigenvalue weighted by atomic mass is 10.1. The summed E-state index contributed by atoms with van der Waals surface area (Å²) < 4.78 is 10.6. The molecule has 2 aromatic rings. The van der Waals surface area contributed by atoms with Gasteiger partial charge in [-0.1, -0.05) is 12.1 Å². The number of hydrogen-bond acceptors (Lipinski definition) is 5. The van der Waals surface area contributed by atoms with Crippen LogP contribution in [0.1, 0.15) is 51.3 Å². The van der Waals surface area contributed by atoms with Crippen LogP contribution in [-0.4, -0.2) is 49.4 Å². The van der Waals surface area contributed by atoms with Crippen molar-refractivity contribution < 1.29 is 23.9 Å². The third-order valence-electron chi connectivity index (χ3n) is 4.58. The topological polar surface area (TPSA) is 72.9 Å². The van der Waals surface area contributed by atoms with E-state index in [4.69, 9.17) is 9.47 Å². The second kappa shape index (κ2) is 9.69. The van der Waals surface area contributed by atoms with E-state index in [1.807, 2.05) is 6.92 Å². The van der Waals surface area contributed by atoms with Crippen LogP contribution in [-0.2, 0) is 4.74 Å². The van der Waals surface area contributed by atoms with Crippen molar-refractivity contribution in [2.45, 2.75) is 32.4 Å². The molecule has 0 aliphatic heterocycles. The van der Waals surface area contributed by atoms with Crippen molar-refractivity contribution in [2.24, 2.45) is 0 Å². The van der Waals surface area contributed by atoms with Gasteiger partial charge in [-0.15, -0.1) is 0 Å². The summed E-state index contributed by atoms with van der Waals surface area (Å²) in [6, 6.07) is 13.0. The Morgan fingerprint density at radius 1 is 1.00 bits per heavy atom. The fourth-order valence-electron chi connectivity index (χ4n) is 2.77. The molecule has 0 aromatic heterocycles. The monoisotopic (exact) mass is 383 g/mol. The third-order valence-corrected chi connectivity index (χ3v) is 4.58. The summed E-state index contributed by atoms with van der Waals surface area (Å²) in [6.07, 6.45) is 0.869. The van der Waals surface area contributed by atoms with Crippen molar-refractivity contribution in [1.29, 1.82) is 0 Å². The van der Waals surface area contributed by atoms with Gasteiger partial charge in [-0.3, -0.25) is 9.59 Å². The zero-order valence-electron chi connectivity index (χ0n) is 16.5. The molecule has 0 aliphatic carbocycles. The number of carbonyl (C=O) groups excluding carboxylic acids is 3. The van der Waals surface area contributed by atoms with E-state index in [2.05, 4.69) is 0 Å². The molecule has 6 heteroatoms. The van der Waals surface area contributed by atoms with Crippen molar-refractivity contribution in [3.05, 3.63) is 65.2 Å². The zero-order chi connectivity index (χ0) is 20.7. The van der Waals surface area contributed by atoms with Gasteiger partial charge >= 0.3 is 5.97 Å². The van der Waals surface area contributed by atoms with E-state index < -0.39 is 5.97 Å². The number of aldehydes is 1. The molecule has 2 atom stereocenters. The maximum absolute atomic E-state index is 12.6. The highest BCUT2D eigenvalue weighted by Gasteiger charge is 2.21. The molecule has 2 rings (SSSR count). The summed E-state index contributed by atoms with van der Waals surface area (Å²) in [5.74, 6) is 0.0962. The average Bonchev–Trinajstić information content (AvgIpc) is 2.72. The van der Waals surface area contributed by atoms with Crippen LogP contribution >= 0.6 is 0 Å². The maximum Gasteiger partial charge on any atom is 0.338 e. The summed E-state index contributed by atoms with van der Waals surface area (Å²) in [5, 5.41) is 0. The molecule has 6 nitrogen and oxygen atoms in total. The molecular weight excluding hydrogens is 358 g/mol.